The molecule has 1 heterocycles. The Balaban J connectivity index is 0.00000176. The zero-order valence-electron chi connectivity index (χ0n) is 12.3. The Hall–Kier alpha value is -1.27. The summed E-state index contributed by atoms with van der Waals surface area (Å²) < 4.78 is 35.2. The molecule has 1 saturated carbocycles. The van der Waals surface area contributed by atoms with Gasteiger partial charge in [0, 0.05) is 37.9 Å². The highest BCUT2D eigenvalue weighted by Crippen LogP contribution is 2.36. The van der Waals surface area contributed by atoms with Gasteiger partial charge in [0.2, 0.25) is 0 Å². The predicted molar refractivity (Wildman–Crippen MR) is 83.6 cm³/mol. The molecule has 0 spiro atoms. The number of hydrogen-bond acceptors (Lipinski definition) is 4. The van der Waals surface area contributed by atoms with Crippen molar-refractivity contribution in [3.8, 4) is 11.5 Å². The van der Waals surface area contributed by atoms with Crippen LogP contribution in [-0.2, 0) is 0 Å². The van der Waals surface area contributed by atoms with Crippen LogP contribution in [-0.4, -0.2) is 39.4 Å². The van der Waals surface area contributed by atoms with E-state index in [1.807, 2.05) is 12.1 Å². The van der Waals surface area contributed by atoms with Gasteiger partial charge in [-0.3, -0.25) is 0 Å². The van der Waals surface area contributed by atoms with Crippen molar-refractivity contribution in [2.24, 2.45) is 5.92 Å². The van der Waals surface area contributed by atoms with E-state index in [9.17, 15) is 8.78 Å². The van der Waals surface area contributed by atoms with E-state index in [2.05, 4.69) is 15.0 Å². The Labute approximate surface area is 135 Å². The maximum absolute atomic E-state index is 12.5. The number of benzene rings is 1. The fourth-order valence-electron chi connectivity index (χ4n) is 2.41. The number of ether oxygens (including phenoxy) is 2. The predicted octanol–water partition coefficient (Wildman–Crippen LogP) is 2.91. The molecule has 0 amide bonds. The van der Waals surface area contributed by atoms with Gasteiger partial charge < -0.3 is 19.7 Å². The molecule has 3 rings (SSSR count). The van der Waals surface area contributed by atoms with Gasteiger partial charge in [0.05, 0.1) is 6.61 Å². The second-order valence-corrected chi connectivity index (χ2v) is 5.50. The Kier molecular flexibility index (Phi) is 6.08. The van der Waals surface area contributed by atoms with Gasteiger partial charge in [-0.15, -0.1) is 12.4 Å². The minimum Gasteiger partial charge on any atom is -0.489 e. The normalized spacial score (nSPS) is 18.0. The quantitative estimate of drug-likeness (QED) is 0.867. The molecule has 1 aliphatic heterocycles. The van der Waals surface area contributed by atoms with Crippen LogP contribution < -0.4 is 19.7 Å². The SMILES string of the molecule is Cl.FC(F)Oc1ccc(N2CCNCC2)cc1OCC1CC1. The first-order valence-corrected chi connectivity index (χ1v) is 7.40. The number of alkyl halides is 2. The van der Waals surface area contributed by atoms with E-state index in [1.165, 1.54) is 0 Å². The summed E-state index contributed by atoms with van der Waals surface area (Å²) in [6, 6.07) is 5.20. The first-order valence-electron chi connectivity index (χ1n) is 7.40. The van der Waals surface area contributed by atoms with Gasteiger partial charge >= 0.3 is 6.61 Å². The number of hydrogen-bond donors (Lipinski definition) is 1. The van der Waals surface area contributed by atoms with Crippen LogP contribution in [0.25, 0.3) is 0 Å². The van der Waals surface area contributed by atoms with E-state index in [0.29, 0.717) is 18.3 Å². The van der Waals surface area contributed by atoms with Crippen LogP contribution in [0.5, 0.6) is 11.5 Å². The molecule has 0 bridgehead atoms. The molecule has 22 heavy (non-hydrogen) atoms. The molecule has 0 atom stereocenters. The molecule has 1 N–H and O–H groups in total. The van der Waals surface area contributed by atoms with Gasteiger partial charge in [0.25, 0.3) is 0 Å². The number of nitrogens with zero attached hydrogens (tertiary/aromatic N) is 1. The molecule has 0 radical (unpaired) electrons. The van der Waals surface area contributed by atoms with Crippen molar-refractivity contribution >= 4 is 18.1 Å². The molecular weight excluding hydrogens is 314 g/mol. The highest BCUT2D eigenvalue weighted by atomic mass is 35.5. The zero-order chi connectivity index (χ0) is 14.7. The van der Waals surface area contributed by atoms with Gasteiger partial charge in [-0.25, -0.2) is 0 Å². The lowest BCUT2D eigenvalue weighted by molar-refractivity contribution is -0.0515. The molecule has 7 heteroatoms. The third-order valence-electron chi connectivity index (χ3n) is 3.80. The number of anilines is 1. The first-order chi connectivity index (χ1) is 10.2. The van der Waals surface area contributed by atoms with Gasteiger partial charge in [-0.1, -0.05) is 0 Å². The van der Waals surface area contributed by atoms with Crippen molar-refractivity contribution in [1.29, 1.82) is 0 Å². The standard InChI is InChI=1S/C15H20F2N2O2.ClH/c16-15(17)21-13-4-3-12(19-7-5-18-6-8-19)9-14(13)20-10-11-1-2-11;/h3-4,9,11,15,18H,1-2,5-8,10H2;1H. The number of halogens is 3. The molecular formula is C15H21ClF2N2O2. The van der Waals surface area contributed by atoms with E-state index in [1.54, 1.807) is 6.07 Å². The third-order valence-corrected chi connectivity index (χ3v) is 3.80. The number of rotatable bonds is 6. The van der Waals surface area contributed by atoms with Crippen molar-refractivity contribution in [1.82, 2.24) is 5.32 Å². The maximum Gasteiger partial charge on any atom is 0.387 e. The van der Waals surface area contributed by atoms with Gasteiger partial charge in [-0.05, 0) is 30.9 Å². The number of piperazine rings is 1. The third kappa shape index (κ3) is 4.61. The lowest BCUT2D eigenvalue weighted by Gasteiger charge is -2.30. The average Bonchev–Trinajstić information content (AvgIpc) is 3.31. The first kappa shape index (κ1) is 17.1. The Morgan fingerprint density at radius 1 is 1.18 bits per heavy atom. The molecule has 0 unspecified atom stereocenters. The fourth-order valence-corrected chi connectivity index (χ4v) is 2.41. The number of nitrogens with one attached hydrogen (secondary N) is 1. The second-order valence-electron chi connectivity index (χ2n) is 5.50. The molecule has 0 aromatic heterocycles. The lowest BCUT2D eigenvalue weighted by Crippen LogP contribution is -2.43. The van der Waals surface area contributed by atoms with Crippen LogP contribution >= 0.6 is 12.4 Å². The van der Waals surface area contributed by atoms with Crippen LogP contribution in [0.2, 0.25) is 0 Å². The van der Waals surface area contributed by atoms with Crippen molar-refractivity contribution in [3.05, 3.63) is 18.2 Å². The van der Waals surface area contributed by atoms with E-state index in [-0.39, 0.29) is 18.2 Å². The summed E-state index contributed by atoms with van der Waals surface area (Å²) in [6.07, 6.45) is 2.31. The largest absolute Gasteiger partial charge is 0.489 e. The van der Waals surface area contributed by atoms with Gasteiger partial charge in [0.1, 0.15) is 0 Å². The summed E-state index contributed by atoms with van der Waals surface area (Å²) in [6.45, 7) is 1.39. The van der Waals surface area contributed by atoms with E-state index < -0.39 is 6.61 Å². The summed E-state index contributed by atoms with van der Waals surface area (Å²) in [5.41, 5.74) is 0.990. The monoisotopic (exact) mass is 334 g/mol. The van der Waals surface area contributed by atoms with E-state index >= 15 is 0 Å². The molecule has 2 fully saturated rings. The summed E-state index contributed by atoms with van der Waals surface area (Å²) >= 11 is 0. The highest BCUT2D eigenvalue weighted by Gasteiger charge is 2.23. The molecule has 1 aromatic rings. The molecule has 1 saturated heterocycles. The van der Waals surface area contributed by atoms with Crippen LogP contribution in [0, 0.1) is 5.92 Å². The Morgan fingerprint density at radius 2 is 1.91 bits per heavy atom. The average molecular weight is 335 g/mol. The van der Waals surface area contributed by atoms with Crippen LogP contribution in [0.1, 0.15) is 12.8 Å². The summed E-state index contributed by atoms with van der Waals surface area (Å²) in [5.74, 6) is 1.09. The zero-order valence-corrected chi connectivity index (χ0v) is 13.1. The van der Waals surface area contributed by atoms with Crippen molar-refractivity contribution in [2.45, 2.75) is 19.5 Å². The van der Waals surface area contributed by atoms with Crippen molar-refractivity contribution in [2.75, 3.05) is 37.7 Å². The maximum atomic E-state index is 12.5. The van der Waals surface area contributed by atoms with Crippen LogP contribution in [0.4, 0.5) is 14.5 Å². The van der Waals surface area contributed by atoms with Crippen LogP contribution in [0.3, 0.4) is 0 Å². The van der Waals surface area contributed by atoms with E-state index in [0.717, 1.165) is 44.7 Å². The Morgan fingerprint density at radius 3 is 2.55 bits per heavy atom. The summed E-state index contributed by atoms with van der Waals surface area (Å²) in [4.78, 5) is 2.21. The highest BCUT2D eigenvalue weighted by molar-refractivity contribution is 5.85. The lowest BCUT2D eigenvalue weighted by atomic mass is 10.2. The molecule has 4 nitrogen and oxygen atoms in total. The molecule has 2 aliphatic rings. The van der Waals surface area contributed by atoms with Crippen molar-refractivity contribution in [3.63, 3.8) is 0 Å². The van der Waals surface area contributed by atoms with Crippen LogP contribution in [0.15, 0.2) is 18.2 Å². The second kappa shape index (κ2) is 7.83. The topological polar surface area (TPSA) is 33.7 Å². The van der Waals surface area contributed by atoms with Gasteiger partial charge in [0.15, 0.2) is 11.5 Å². The smallest absolute Gasteiger partial charge is 0.387 e. The van der Waals surface area contributed by atoms with Crippen molar-refractivity contribution < 1.29 is 18.3 Å². The summed E-state index contributed by atoms with van der Waals surface area (Å²) in [5, 5.41) is 3.29. The Bertz CT molecular complexity index is 481. The minimum absolute atomic E-state index is 0. The molecule has 124 valence electrons. The fraction of sp³-hybridized carbons (Fsp3) is 0.600. The minimum atomic E-state index is -2.83. The van der Waals surface area contributed by atoms with Gasteiger partial charge in [-0.2, -0.15) is 8.78 Å². The molecule has 1 aliphatic carbocycles. The van der Waals surface area contributed by atoms with E-state index in [4.69, 9.17) is 4.74 Å². The summed E-state index contributed by atoms with van der Waals surface area (Å²) in [7, 11) is 0. The molecule has 1 aromatic carbocycles.